The number of carbonyl (C=O) groups is 2. The van der Waals surface area contributed by atoms with Gasteiger partial charge < -0.3 is 15.2 Å². The van der Waals surface area contributed by atoms with Crippen LogP contribution in [0, 0.1) is 0 Å². The summed E-state index contributed by atoms with van der Waals surface area (Å²) in [6.45, 7) is 3.27. The molecule has 22 heavy (non-hydrogen) atoms. The number of anilines is 1. The lowest BCUT2D eigenvalue weighted by Gasteiger charge is -2.09. The SMILES string of the molecule is CCc1cc(OC(C)=O)cc(C(=O)Nc2ccc(O)cc2)c1. The molecular weight excluding hydrogens is 282 g/mol. The van der Waals surface area contributed by atoms with Crippen molar-refractivity contribution in [3.8, 4) is 11.5 Å². The molecule has 0 aliphatic rings. The Balaban J connectivity index is 2.24. The van der Waals surface area contributed by atoms with Crippen LogP contribution in [0.3, 0.4) is 0 Å². The zero-order chi connectivity index (χ0) is 16.1. The zero-order valence-corrected chi connectivity index (χ0v) is 12.4. The second-order valence-corrected chi connectivity index (χ2v) is 4.81. The van der Waals surface area contributed by atoms with Crippen LogP contribution in [0.15, 0.2) is 42.5 Å². The van der Waals surface area contributed by atoms with E-state index in [4.69, 9.17) is 4.74 Å². The summed E-state index contributed by atoms with van der Waals surface area (Å²) in [5, 5.41) is 12.0. The van der Waals surface area contributed by atoms with Crippen molar-refractivity contribution in [3.63, 3.8) is 0 Å². The van der Waals surface area contributed by atoms with E-state index in [0.717, 1.165) is 5.56 Å². The molecule has 0 atom stereocenters. The van der Waals surface area contributed by atoms with E-state index < -0.39 is 5.97 Å². The van der Waals surface area contributed by atoms with Gasteiger partial charge in [-0.2, -0.15) is 0 Å². The molecule has 114 valence electrons. The van der Waals surface area contributed by atoms with Crippen LogP contribution in [0.5, 0.6) is 11.5 Å². The van der Waals surface area contributed by atoms with E-state index in [0.29, 0.717) is 23.4 Å². The number of benzene rings is 2. The van der Waals surface area contributed by atoms with Crippen molar-refractivity contribution in [2.24, 2.45) is 0 Å². The summed E-state index contributed by atoms with van der Waals surface area (Å²) < 4.78 is 5.06. The Morgan fingerprint density at radius 3 is 2.41 bits per heavy atom. The first kappa shape index (κ1) is 15.6. The minimum absolute atomic E-state index is 0.128. The molecule has 0 spiro atoms. The van der Waals surface area contributed by atoms with E-state index in [1.54, 1.807) is 24.3 Å². The molecular formula is C17H17NO4. The van der Waals surface area contributed by atoms with Gasteiger partial charge >= 0.3 is 5.97 Å². The minimum atomic E-state index is -0.432. The van der Waals surface area contributed by atoms with Crippen LogP contribution >= 0.6 is 0 Å². The lowest BCUT2D eigenvalue weighted by molar-refractivity contribution is -0.131. The van der Waals surface area contributed by atoms with Crippen LogP contribution in [0.25, 0.3) is 0 Å². The Morgan fingerprint density at radius 1 is 1.14 bits per heavy atom. The summed E-state index contributed by atoms with van der Waals surface area (Å²) in [6.07, 6.45) is 0.717. The number of phenolic OH excluding ortho intramolecular Hbond substituents is 1. The highest BCUT2D eigenvalue weighted by molar-refractivity contribution is 6.04. The fourth-order valence-corrected chi connectivity index (χ4v) is 1.97. The molecule has 2 N–H and O–H groups in total. The van der Waals surface area contributed by atoms with Gasteiger partial charge in [-0.25, -0.2) is 0 Å². The summed E-state index contributed by atoms with van der Waals surface area (Å²) in [5.41, 5.74) is 1.87. The van der Waals surface area contributed by atoms with Gasteiger partial charge in [-0.1, -0.05) is 6.92 Å². The van der Waals surface area contributed by atoms with Crippen molar-refractivity contribution in [3.05, 3.63) is 53.6 Å². The van der Waals surface area contributed by atoms with Gasteiger partial charge in [-0.05, 0) is 54.4 Å². The fourth-order valence-electron chi connectivity index (χ4n) is 1.97. The normalized spacial score (nSPS) is 10.1. The zero-order valence-electron chi connectivity index (χ0n) is 12.4. The van der Waals surface area contributed by atoms with Gasteiger partial charge in [0.15, 0.2) is 0 Å². The van der Waals surface area contributed by atoms with Crippen LogP contribution in [0.2, 0.25) is 0 Å². The van der Waals surface area contributed by atoms with Crippen molar-refractivity contribution in [2.75, 3.05) is 5.32 Å². The molecule has 1 amide bonds. The highest BCUT2D eigenvalue weighted by Gasteiger charge is 2.10. The molecule has 2 rings (SSSR count). The topological polar surface area (TPSA) is 75.6 Å². The number of hydrogen-bond acceptors (Lipinski definition) is 4. The minimum Gasteiger partial charge on any atom is -0.508 e. The standard InChI is InChI=1S/C17H17NO4/c1-3-12-8-13(10-16(9-12)22-11(2)19)17(21)18-14-4-6-15(20)7-5-14/h4-10,20H,3H2,1-2H3,(H,18,21). The van der Waals surface area contributed by atoms with Gasteiger partial charge in [-0.15, -0.1) is 0 Å². The van der Waals surface area contributed by atoms with Crippen LogP contribution in [-0.2, 0) is 11.2 Å². The van der Waals surface area contributed by atoms with Crippen molar-refractivity contribution in [2.45, 2.75) is 20.3 Å². The number of aryl methyl sites for hydroxylation is 1. The molecule has 5 nitrogen and oxygen atoms in total. The maximum absolute atomic E-state index is 12.3. The van der Waals surface area contributed by atoms with Gasteiger partial charge in [0.1, 0.15) is 11.5 Å². The van der Waals surface area contributed by atoms with Crippen molar-refractivity contribution < 1.29 is 19.4 Å². The molecule has 0 saturated heterocycles. The number of aromatic hydroxyl groups is 1. The highest BCUT2D eigenvalue weighted by atomic mass is 16.5. The molecule has 0 heterocycles. The van der Waals surface area contributed by atoms with E-state index in [1.807, 2.05) is 6.92 Å². The third kappa shape index (κ3) is 4.09. The highest BCUT2D eigenvalue weighted by Crippen LogP contribution is 2.20. The van der Waals surface area contributed by atoms with Crippen molar-refractivity contribution in [1.82, 2.24) is 0 Å². The first-order chi connectivity index (χ1) is 10.5. The number of hydrogen-bond donors (Lipinski definition) is 2. The number of carbonyl (C=O) groups excluding carboxylic acids is 2. The number of nitrogens with one attached hydrogen (secondary N) is 1. The maximum Gasteiger partial charge on any atom is 0.308 e. The lowest BCUT2D eigenvalue weighted by atomic mass is 10.1. The smallest absolute Gasteiger partial charge is 0.308 e. The summed E-state index contributed by atoms with van der Waals surface area (Å²) in [5.74, 6) is -0.265. The van der Waals surface area contributed by atoms with Crippen LogP contribution in [-0.4, -0.2) is 17.0 Å². The van der Waals surface area contributed by atoms with E-state index in [-0.39, 0.29) is 11.7 Å². The lowest BCUT2D eigenvalue weighted by Crippen LogP contribution is -2.13. The van der Waals surface area contributed by atoms with E-state index in [9.17, 15) is 14.7 Å². The first-order valence-corrected chi connectivity index (χ1v) is 6.90. The fraction of sp³-hybridized carbons (Fsp3) is 0.176. The predicted molar refractivity (Wildman–Crippen MR) is 83.2 cm³/mol. The Hall–Kier alpha value is -2.82. The number of rotatable bonds is 4. The Labute approximate surface area is 128 Å². The molecule has 0 unspecified atom stereocenters. The van der Waals surface area contributed by atoms with E-state index >= 15 is 0 Å². The predicted octanol–water partition coefficient (Wildman–Crippen LogP) is 3.13. The molecule has 0 fully saturated rings. The molecule has 0 aliphatic carbocycles. The average Bonchev–Trinajstić information content (AvgIpc) is 2.48. The van der Waals surface area contributed by atoms with Gasteiger partial charge in [-0.3, -0.25) is 9.59 Å². The summed E-state index contributed by atoms with van der Waals surface area (Å²) >= 11 is 0. The van der Waals surface area contributed by atoms with Gasteiger partial charge in [0.2, 0.25) is 0 Å². The number of phenols is 1. The quantitative estimate of drug-likeness (QED) is 0.516. The molecule has 0 radical (unpaired) electrons. The maximum atomic E-state index is 12.3. The average molecular weight is 299 g/mol. The van der Waals surface area contributed by atoms with Crippen molar-refractivity contribution >= 4 is 17.6 Å². The number of esters is 1. The molecule has 0 aliphatic heterocycles. The number of ether oxygens (including phenoxy) is 1. The molecule has 0 saturated carbocycles. The molecule has 5 heteroatoms. The molecule has 0 aromatic heterocycles. The summed E-state index contributed by atoms with van der Waals surface area (Å²) in [6, 6.07) is 11.2. The van der Waals surface area contributed by atoms with Gasteiger partial charge in [0, 0.05) is 18.2 Å². The second-order valence-electron chi connectivity index (χ2n) is 4.81. The molecule has 2 aromatic carbocycles. The Kier molecular flexibility index (Phi) is 4.78. The number of amides is 1. The largest absolute Gasteiger partial charge is 0.508 e. The summed E-state index contributed by atoms with van der Waals surface area (Å²) in [4.78, 5) is 23.4. The first-order valence-electron chi connectivity index (χ1n) is 6.90. The van der Waals surface area contributed by atoms with E-state index in [2.05, 4.69) is 5.32 Å². The Morgan fingerprint density at radius 2 is 1.82 bits per heavy atom. The molecule has 2 aromatic rings. The van der Waals surface area contributed by atoms with Crippen molar-refractivity contribution in [1.29, 1.82) is 0 Å². The van der Waals surface area contributed by atoms with E-state index in [1.165, 1.54) is 25.1 Å². The Bertz CT molecular complexity index is 692. The van der Waals surface area contributed by atoms with Crippen LogP contribution < -0.4 is 10.1 Å². The molecule has 0 bridgehead atoms. The van der Waals surface area contributed by atoms with Gasteiger partial charge in [0.25, 0.3) is 5.91 Å². The summed E-state index contributed by atoms with van der Waals surface area (Å²) in [7, 11) is 0. The van der Waals surface area contributed by atoms with Crippen LogP contribution in [0.4, 0.5) is 5.69 Å². The second kappa shape index (κ2) is 6.76. The van der Waals surface area contributed by atoms with Gasteiger partial charge in [0.05, 0.1) is 0 Å². The third-order valence-electron chi connectivity index (χ3n) is 3.02. The third-order valence-corrected chi connectivity index (χ3v) is 3.02. The van der Waals surface area contributed by atoms with Crippen LogP contribution in [0.1, 0.15) is 29.8 Å². The monoisotopic (exact) mass is 299 g/mol.